The van der Waals surface area contributed by atoms with Gasteiger partial charge in [0.15, 0.2) is 0 Å². The van der Waals surface area contributed by atoms with Crippen molar-refractivity contribution >= 4 is 35.5 Å². The lowest BCUT2D eigenvalue weighted by molar-refractivity contribution is -0.142. The molecule has 0 bridgehead atoms. The van der Waals surface area contributed by atoms with Crippen LogP contribution in [0.3, 0.4) is 0 Å². The Morgan fingerprint density at radius 3 is 2.32 bits per heavy atom. The molecule has 154 valence electrons. The number of aliphatic carboxylic acids is 1. The van der Waals surface area contributed by atoms with Gasteiger partial charge in [0, 0.05) is 6.42 Å². The van der Waals surface area contributed by atoms with E-state index in [-0.39, 0.29) is 19.5 Å². The Balaban J connectivity index is 2.73. The van der Waals surface area contributed by atoms with Crippen molar-refractivity contribution in [2.24, 2.45) is 5.73 Å². The Bertz CT molecular complexity index is 671. The summed E-state index contributed by atoms with van der Waals surface area (Å²) in [6, 6.07) is 6.90. The second-order valence-corrected chi connectivity index (χ2v) is 6.96. The van der Waals surface area contributed by atoms with Gasteiger partial charge >= 0.3 is 5.97 Å². The third kappa shape index (κ3) is 8.87. The number of rotatable bonds is 12. The Kier molecular flexibility index (Phi) is 10.7. The number of carboxylic acids is 1. The van der Waals surface area contributed by atoms with Crippen molar-refractivity contribution in [3.8, 4) is 0 Å². The van der Waals surface area contributed by atoms with E-state index in [1.807, 2.05) is 12.3 Å². The Labute approximate surface area is 167 Å². The number of hydrogen-bond donors (Lipinski definition) is 5. The molecule has 1 rings (SSSR count). The van der Waals surface area contributed by atoms with Crippen LogP contribution in [0.15, 0.2) is 30.3 Å². The van der Waals surface area contributed by atoms with Crippen molar-refractivity contribution in [2.45, 2.75) is 24.9 Å². The van der Waals surface area contributed by atoms with E-state index in [0.717, 1.165) is 5.56 Å². The highest BCUT2D eigenvalue weighted by Gasteiger charge is 2.26. The molecule has 3 amide bonds. The fraction of sp³-hybridized carbons (Fsp3) is 0.444. The maximum absolute atomic E-state index is 12.6. The van der Waals surface area contributed by atoms with Crippen molar-refractivity contribution in [3.63, 3.8) is 0 Å². The Morgan fingerprint density at radius 1 is 1.07 bits per heavy atom. The number of benzene rings is 1. The highest BCUT2D eigenvalue weighted by Crippen LogP contribution is 2.06. The van der Waals surface area contributed by atoms with Gasteiger partial charge in [-0.15, -0.1) is 0 Å². The Morgan fingerprint density at radius 2 is 1.75 bits per heavy atom. The first-order chi connectivity index (χ1) is 13.4. The van der Waals surface area contributed by atoms with E-state index in [9.17, 15) is 24.3 Å². The molecule has 0 aliphatic heterocycles. The number of nitrogens with one attached hydrogen (secondary N) is 3. The van der Waals surface area contributed by atoms with Gasteiger partial charge < -0.3 is 26.8 Å². The second kappa shape index (κ2) is 12.7. The van der Waals surface area contributed by atoms with Crippen LogP contribution in [0.4, 0.5) is 0 Å². The molecule has 1 aromatic carbocycles. The zero-order chi connectivity index (χ0) is 20.9. The van der Waals surface area contributed by atoms with E-state index in [4.69, 9.17) is 5.73 Å². The molecule has 0 aliphatic carbocycles. The molecule has 0 aromatic heterocycles. The lowest BCUT2D eigenvalue weighted by Crippen LogP contribution is -2.53. The standard InChI is InChI=1S/C18H26N4O5S/c1-28-8-7-13(21-16(24)11-20-15(23)10-19)17(25)22-14(18(26)27)9-12-5-3-2-4-6-12/h2-6,13-14H,7-11,19H2,1H3,(H,20,23)(H,21,24)(H,22,25)(H,26,27). The average molecular weight is 410 g/mol. The minimum atomic E-state index is -1.16. The lowest BCUT2D eigenvalue weighted by Gasteiger charge is -2.21. The maximum Gasteiger partial charge on any atom is 0.326 e. The number of carbonyl (C=O) groups is 4. The van der Waals surface area contributed by atoms with Crippen molar-refractivity contribution in [2.75, 3.05) is 25.1 Å². The smallest absolute Gasteiger partial charge is 0.326 e. The molecule has 28 heavy (non-hydrogen) atoms. The summed E-state index contributed by atoms with van der Waals surface area (Å²) in [5.74, 6) is -2.21. The van der Waals surface area contributed by atoms with Gasteiger partial charge in [-0.1, -0.05) is 30.3 Å². The fourth-order valence-electron chi connectivity index (χ4n) is 2.32. The van der Waals surface area contributed by atoms with Crippen molar-refractivity contribution in [1.29, 1.82) is 0 Å². The molecular formula is C18H26N4O5S. The SMILES string of the molecule is CSCCC(NC(=O)CNC(=O)CN)C(=O)NC(Cc1ccccc1)C(=O)O. The van der Waals surface area contributed by atoms with E-state index in [0.29, 0.717) is 12.2 Å². The molecule has 0 saturated heterocycles. The molecular weight excluding hydrogens is 384 g/mol. The van der Waals surface area contributed by atoms with E-state index >= 15 is 0 Å². The van der Waals surface area contributed by atoms with Crippen LogP contribution in [0, 0.1) is 0 Å². The summed E-state index contributed by atoms with van der Waals surface area (Å²) in [6.07, 6.45) is 2.30. The van der Waals surface area contributed by atoms with Crippen LogP contribution in [-0.4, -0.2) is 66.0 Å². The summed E-state index contributed by atoms with van der Waals surface area (Å²) in [5.41, 5.74) is 5.92. The average Bonchev–Trinajstić information content (AvgIpc) is 2.69. The number of carboxylic acid groups (broad SMARTS) is 1. The lowest BCUT2D eigenvalue weighted by atomic mass is 10.1. The van der Waals surface area contributed by atoms with Crippen LogP contribution in [0.5, 0.6) is 0 Å². The molecule has 2 atom stereocenters. The molecule has 10 heteroatoms. The third-order valence-electron chi connectivity index (χ3n) is 3.79. The number of hydrogen-bond acceptors (Lipinski definition) is 6. The highest BCUT2D eigenvalue weighted by atomic mass is 32.2. The molecule has 0 fully saturated rings. The van der Waals surface area contributed by atoms with Gasteiger partial charge in [0.25, 0.3) is 0 Å². The fourth-order valence-corrected chi connectivity index (χ4v) is 2.79. The van der Waals surface area contributed by atoms with E-state index in [1.165, 1.54) is 11.8 Å². The van der Waals surface area contributed by atoms with Crippen molar-refractivity contribution in [1.82, 2.24) is 16.0 Å². The molecule has 2 unspecified atom stereocenters. The zero-order valence-corrected chi connectivity index (χ0v) is 16.5. The van der Waals surface area contributed by atoms with Gasteiger partial charge in [0.2, 0.25) is 17.7 Å². The third-order valence-corrected chi connectivity index (χ3v) is 4.44. The van der Waals surface area contributed by atoms with Gasteiger partial charge in [-0.05, 0) is 24.0 Å². The topological polar surface area (TPSA) is 151 Å². The van der Waals surface area contributed by atoms with Crippen LogP contribution in [-0.2, 0) is 25.6 Å². The van der Waals surface area contributed by atoms with Crippen LogP contribution in [0.1, 0.15) is 12.0 Å². The predicted octanol–water partition coefficient (Wildman–Crippen LogP) is -0.889. The van der Waals surface area contributed by atoms with Crippen LogP contribution in [0.25, 0.3) is 0 Å². The first-order valence-corrected chi connectivity index (χ1v) is 10.1. The second-order valence-electron chi connectivity index (χ2n) is 5.97. The molecule has 0 radical (unpaired) electrons. The highest BCUT2D eigenvalue weighted by molar-refractivity contribution is 7.98. The number of thioether (sulfide) groups is 1. The van der Waals surface area contributed by atoms with Gasteiger partial charge in [-0.25, -0.2) is 4.79 Å². The monoisotopic (exact) mass is 410 g/mol. The molecule has 0 saturated carbocycles. The molecule has 0 spiro atoms. The first-order valence-electron chi connectivity index (χ1n) is 8.69. The zero-order valence-electron chi connectivity index (χ0n) is 15.6. The van der Waals surface area contributed by atoms with E-state index in [2.05, 4.69) is 16.0 Å². The summed E-state index contributed by atoms with van der Waals surface area (Å²) in [6.45, 7) is -0.561. The Hall–Kier alpha value is -2.59. The summed E-state index contributed by atoms with van der Waals surface area (Å²) in [5, 5.41) is 16.8. The predicted molar refractivity (Wildman–Crippen MR) is 107 cm³/mol. The van der Waals surface area contributed by atoms with Crippen molar-refractivity contribution in [3.05, 3.63) is 35.9 Å². The minimum absolute atomic E-state index is 0.123. The van der Waals surface area contributed by atoms with Crippen LogP contribution >= 0.6 is 11.8 Å². The molecule has 9 nitrogen and oxygen atoms in total. The van der Waals surface area contributed by atoms with Gasteiger partial charge in [0.05, 0.1) is 13.1 Å². The summed E-state index contributed by atoms with van der Waals surface area (Å²) >= 11 is 1.49. The summed E-state index contributed by atoms with van der Waals surface area (Å²) in [7, 11) is 0. The first kappa shape index (κ1) is 23.4. The summed E-state index contributed by atoms with van der Waals surface area (Å²) < 4.78 is 0. The van der Waals surface area contributed by atoms with Gasteiger partial charge in [0.1, 0.15) is 12.1 Å². The minimum Gasteiger partial charge on any atom is -0.480 e. The molecule has 0 aliphatic rings. The van der Waals surface area contributed by atoms with E-state index < -0.39 is 35.8 Å². The number of carbonyl (C=O) groups excluding carboxylic acids is 3. The maximum atomic E-state index is 12.6. The van der Waals surface area contributed by atoms with Crippen molar-refractivity contribution < 1.29 is 24.3 Å². The molecule has 0 heterocycles. The molecule has 6 N–H and O–H groups in total. The van der Waals surface area contributed by atoms with Crippen LogP contribution < -0.4 is 21.7 Å². The van der Waals surface area contributed by atoms with Gasteiger partial charge in [-0.2, -0.15) is 11.8 Å². The van der Waals surface area contributed by atoms with E-state index in [1.54, 1.807) is 24.3 Å². The summed E-state index contributed by atoms with van der Waals surface area (Å²) in [4.78, 5) is 47.2. The largest absolute Gasteiger partial charge is 0.480 e. The van der Waals surface area contributed by atoms with Crippen LogP contribution in [0.2, 0.25) is 0 Å². The molecule has 1 aromatic rings. The number of amides is 3. The van der Waals surface area contributed by atoms with Gasteiger partial charge in [-0.3, -0.25) is 14.4 Å². The number of nitrogens with two attached hydrogens (primary N) is 1. The quantitative estimate of drug-likeness (QED) is 0.300. The normalized spacial score (nSPS) is 12.5.